The van der Waals surface area contributed by atoms with Gasteiger partial charge in [-0.3, -0.25) is 0 Å². The van der Waals surface area contributed by atoms with E-state index in [1.807, 2.05) is 26.0 Å². The van der Waals surface area contributed by atoms with Crippen molar-refractivity contribution in [2.45, 2.75) is 20.8 Å². The van der Waals surface area contributed by atoms with Crippen molar-refractivity contribution in [2.75, 3.05) is 0 Å². The van der Waals surface area contributed by atoms with Crippen LogP contribution in [0.15, 0.2) is 36.4 Å². The average Bonchev–Trinajstić information content (AvgIpc) is 2.21. The zero-order chi connectivity index (χ0) is 10.6. The molecule has 0 saturated heterocycles. The average molecular weight is 207 g/mol. The zero-order valence-electron chi connectivity index (χ0n) is 8.84. The van der Waals surface area contributed by atoms with E-state index in [2.05, 4.69) is 31.2 Å². The second kappa shape index (κ2) is 5.02. The lowest BCUT2D eigenvalue weighted by Gasteiger charge is -2.00. The summed E-state index contributed by atoms with van der Waals surface area (Å²) in [5, 5.41) is 3.17. The summed E-state index contributed by atoms with van der Waals surface area (Å²) in [6, 6.07) is 12.2. The Morgan fingerprint density at radius 2 is 1.71 bits per heavy atom. The largest absolute Gasteiger partial charge is 0.0837 e. The first-order valence-corrected chi connectivity index (χ1v) is 5.30. The van der Waals surface area contributed by atoms with Gasteiger partial charge >= 0.3 is 0 Å². The van der Waals surface area contributed by atoms with E-state index in [1.165, 1.54) is 10.9 Å². The van der Waals surface area contributed by atoms with Crippen LogP contribution >= 0.6 is 11.6 Å². The van der Waals surface area contributed by atoms with Crippen molar-refractivity contribution < 1.29 is 0 Å². The first-order valence-electron chi connectivity index (χ1n) is 4.92. The maximum atomic E-state index is 6.01. The number of benzene rings is 2. The minimum atomic E-state index is 0.826. The molecule has 0 radical (unpaired) electrons. The van der Waals surface area contributed by atoms with E-state index in [0.29, 0.717) is 0 Å². The fraction of sp³-hybridized carbons (Fsp3) is 0.231. The number of halogens is 1. The van der Waals surface area contributed by atoms with Gasteiger partial charge in [0.2, 0.25) is 0 Å². The molecule has 0 nitrogen and oxygen atoms in total. The normalized spacial score (nSPS) is 9.43. The number of fused-ring (bicyclic) bond motifs is 1. The molecule has 0 aliphatic carbocycles. The molecule has 0 spiro atoms. The smallest absolute Gasteiger partial charge is 0.0484 e. The fourth-order valence-electron chi connectivity index (χ4n) is 1.36. The lowest BCUT2D eigenvalue weighted by Crippen LogP contribution is -1.75. The molecule has 0 heterocycles. The van der Waals surface area contributed by atoms with Crippen LogP contribution in [-0.4, -0.2) is 0 Å². The second-order valence-electron chi connectivity index (χ2n) is 2.96. The molecule has 2 rings (SSSR count). The number of hydrogen-bond donors (Lipinski definition) is 0. The first-order chi connectivity index (χ1) is 6.77. The molecule has 0 fully saturated rings. The Morgan fingerprint density at radius 1 is 1.00 bits per heavy atom. The highest BCUT2D eigenvalue weighted by Gasteiger charge is 1.96. The van der Waals surface area contributed by atoms with Crippen LogP contribution in [0, 0.1) is 6.92 Å². The van der Waals surface area contributed by atoms with E-state index in [4.69, 9.17) is 11.6 Å². The van der Waals surface area contributed by atoms with Gasteiger partial charge in [0.05, 0.1) is 0 Å². The van der Waals surface area contributed by atoms with Gasteiger partial charge < -0.3 is 0 Å². The van der Waals surface area contributed by atoms with E-state index < -0.39 is 0 Å². The summed E-state index contributed by atoms with van der Waals surface area (Å²) in [6.45, 7) is 6.08. The van der Waals surface area contributed by atoms with Crippen molar-refractivity contribution in [1.29, 1.82) is 0 Å². The first kappa shape index (κ1) is 11.1. The highest BCUT2D eigenvalue weighted by atomic mass is 35.5. The van der Waals surface area contributed by atoms with Gasteiger partial charge in [0.1, 0.15) is 0 Å². The van der Waals surface area contributed by atoms with Crippen molar-refractivity contribution >= 4 is 22.4 Å². The molecule has 0 unspecified atom stereocenters. The van der Waals surface area contributed by atoms with Gasteiger partial charge in [0.15, 0.2) is 0 Å². The summed E-state index contributed by atoms with van der Waals surface area (Å²) in [5.74, 6) is 0. The molecular weight excluding hydrogens is 192 g/mol. The van der Waals surface area contributed by atoms with Gasteiger partial charge in [-0.25, -0.2) is 0 Å². The molecule has 0 aliphatic rings. The van der Waals surface area contributed by atoms with Crippen LogP contribution in [0.25, 0.3) is 10.8 Å². The Balaban J connectivity index is 0.000000461. The molecule has 74 valence electrons. The molecular formula is C13H15Cl. The predicted octanol–water partition coefficient (Wildman–Crippen LogP) is 4.83. The predicted molar refractivity (Wildman–Crippen MR) is 65.0 cm³/mol. The third-order valence-electron chi connectivity index (χ3n) is 1.98. The van der Waals surface area contributed by atoms with Crippen molar-refractivity contribution in [3.05, 3.63) is 47.0 Å². The highest BCUT2D eigenvalue weighted by molar-refractivity contribution is 6.35. The van der Waals surface area contributed by atoms with E-state index in [0.717, 1.165) is 10.4 Å². The molecule has 0 amide bonds. The number of rotatable bonds is 0. The number of aryl methyl sites for hydroxylation is 1. The summed E-state index contributed by atoms with van der Waals surface area (Å²) in [4.78, 5) is 0. The lowest BCUT2D eigenvalue weighted by atomic mass is 10.1. The maximum Gasteiger partial charge on any atom is 0.0484 e. The summed E-state index contributed by atoms with van der Waals surface area (Å²) < 4.78 is 0. The Hall–Kier alpha value is -1.01. The minimum absolute atomic E-state index is 0.826. The Morgan fingerprint density at radius 3 is 2.43 bits per heavy atom. The van der Waals surface area contributed by atoms with Crippen molar-refractivity contribution in [3.63, 3.8) is 0 Å². The van der Waals surface area contributed by atoms with Crippen molar-refractivity contribution in [3.8, 4) is 0 Å². The molecule has 0 bridgehead atoms. The maximum absolute atomic E-state index is 6.01. The topological polar surface area (TPSA) is 0 Å². The molecule has 2 aromatic rings. The molecule has 0 saturated carbocycles. The van der Waals surface area contributed by atoms with Crippen molar-refractivity contribution in [2.24, 2.45) is 0 Å². The summed E-state index contributed by atoms with van der Waals surface area (Å²) in [7, 11) is 0. The third-order valence-corrected chi connectivity index (χ3v) is 2.31. The molecule has 0 aliphatic heterocycles. The Bertz CT molecular complexity index is 419. The standard InChI is InChI=1S/C11H9Cl.C2H6/c1-8-5-6-10-9(7-8)3-2-4-11(10)12;1-2/h2-7H,1H3;1-2H3. The molecule has 2 aromatic carbocycles. The highest BCUT2D eigenvalue weighted by Crippen LogP contribution is 2.23. The van der Waals surface area contributed by atoms with Crippen LogP contribution in [0.2, 0.25) is 5.02 Å². The summed E-state index contributed by atoms with van der Waals surface area (Å²) in [6.07, 6.45) is 0. The van der Waals surface area contributed by atoms with E-state index in [-0.39, 0.29) is 0 Å². The quantitative estimate of drug-likeness (QED) is 0.579. The van der Waals surface area contributed by atoms with Crippen LogP contribution < -0.4 is 0 Å². The van der Waals surface area contributed by atoms with E-state index in [1.54, 1.807) is 0 Å². The Labute approximate surface area is 90.5 Å². The zero-order valence-corrected chi connectivity index (χ0v) is 9.60. The van der Waals surface area contributed by atoms with Gasteiger partial charge in [0.25, 0.3) is 0 Å². The van der Waals surface area contributed by atoms with Crippen LogP contribution in [-0.2, 0) is 0 Å². The van der Waals surface area contributed by atoms with E-state index in [9.17, 15) is 0 Å². The lowest BCUT2D eigenvalue weighted by molar-refractivity contribution is 1.50. The van der Waals surface area contributed by atoms with Gasteiger partial charge in [-0.05, 0) is 18.4 Å². The van der Waals surface area contributed by atoms with Crippen LogP contribution in [0.4, 0.5) is 0 Å². The van der Waals surface area contributed by atoms with Crippen LogP contribution in [0.3, 0.4) is 0 Å². The SMILES string of the molecule is CC.Cc1ccc2c(Cl)cccc2c1. The minimum Gasteiger partial charge on any atom is -0.0837 e. The van der Waals surface area contributed by atoms with Crippen molar-refractivity contribution in [1.82, 2.24) is 0 Å². The molecule has 1 heteroatoms. The third kappa shape index (κ3) is 2.27. The fourth-order valence-corrected chi connectivity index (χ4v) is 1.61. The molecule has 0 aromatic heterocycles. The van der Waals surface area contributed by atoms with Gasteiger partial charge in [-0.1, -0.05) is 61.3 Å². The summed E-state index contributed by atoms with van der Waals surface area (Å²) in [5.41, 5.74) is 1.27. The van der Waals surface area contributed by atoms with Gasteiger partial charge in [-0.15, -0.1) is 0 Å². The van der Waals surface area contributed by atoms with Gasteiger partial charge in [-0.2, -0.15) is 0 Å². The second-order valence-corrected chi connectivity index (χ2v) is 3.37. The van der Waals surface area contributed by atoms with Crippen LogP contribution in [0.5, 0.6) is 0 Å². The number of hydrogen-bond acceptors (Lipinski definition) is 0. The Kier molecular flexibility index (Phi) is 3.97. The van der Waals surface area contributed by atoms with Crippen LogP contribution in [0.1, 0.15) is 19.4 Å². The molecule has 0 atom stereocenters. The van der Waals surface area contributed by atoms with Gasteiger partial charge in [0, 0.05) is 10.4 Å². The molecule has 0 N–H and O–H groups in total. The monoisotopic (exact) mass is 206 g/mol. The summed E-state index contributed by atoms with van der Waals surface area (Å²) >= 11 is 6.01. The molecule has 14 heavy (non-hydrogen) atoms. The van der Waals surface area contributed by atoms with E-state index >= 15 is 0 Å².